The molecular formula is C23H26ClN3O3S. The number of nitrogens with zero attached hydrogens (tertiary/aromatic N) is 1. The first-order valence-electron chi connectivity index (χ1n) is 10.4. The van der Waals surface area contributed by atoms with Gasteiger partial charge in [-0.1, -0.05) is 30.9 Å². The molecule has 0 unspecified atom stereocenters. The summed E-state index contributed by atoms with van der Waals surface area (Å²) in [5.74, 6) is 0.304. The summed E-state index contributed by atoms with van der Waals surface area (Å²) in [5, 5.41) is 8.57. The Bertz CT molecular complexity index is 928. The molecule has 2 N–H and O–H groups in total. The van der Waals surface area contributed by atoms with E-state index in [-0.39, 0.29) is 0 Å². The topological polar surface area (TPSA) is 71.9 Å². The highest BCUT2D eigenvalue weighted by Gasteiger charge is 2.14. The van der Waals surface area contributed by atoms with Gasteiger partial charge in [0.25, 0.3) is 0 Å². The largest absolute Gasteiger partial charge is 0.490 e. The third-order valence-electron chi connectivity index (χ3n) is 4.87. The van der Waals surface area contributed by atoms with Gasteiger partial charge in [-0.15, -0.1) is 0 Å². The second-order valence-corrected chi connectivity index (χ2v) is 8.06. The van der Waals surface area contributed by atoms with Crippen LogP contribution in [0.4, 0.5) is 0 Å². The van der Waals surface area contributed by atoms with Crippen LogP contribution in [-0.4, -0.2) is 29.9 Å². The van der Waals surface area contributed by atoms with Gasteiger partial charge in [-0.25, -0.2) is 4.79 Å². The molecule has 164 valence electrons. The van der Waals surface area contributed by atoms with Crippen LogP contribution < -0.4 is 20.2 Å². The second-order valence-electron chi connectivity index (χ2n) is 7.21. The Morgan fingerprint density at radius 2 is 1.90 bits per heavy atom. The normalized spacial score (nSPS) is 14.3. The van der Waals surface area contributed by atoms with Gasteiger partial charge in [0, 0.05) is 11.1 Å². The lowest BCUT2D eigenvalue weighted by molar-refractivity contribution is 0.0728. The molecular weight excluding hydrogens is 434 g/mol. The van der Waals surface area contributed by atoms with Crippen molar-refractivity contribution in [3.63, 3.8) is 0 Å². The molecule has 0 amide bonds. The van der Waals surface area contributed by atoms with Crippen LogP contribution in [0.5, 0.6) is 11.5 Å². The minimum atomic E-state index is -0.486. The van der Waals surface area contributed by atoms with Crippen molar-refractivity contribution < 1.29 is 14.3 Å². The summed E-state index contributed by atoms with van der Waals surface area (Å²) in [5.41, 5.74) is 4.04. The molecule has 0 bridgehead atoms. The maximum Gasteiger partial charge on any atom is 0.343 e. The van der Waals surface area contributed by atoms with E-state index in [9.17, 15) is 4.79 Å². The van der Waals surface area contributed by atoms with Crippen molar-refractivity contribution in [2.24, 2.45) is 5.10 Å². The SMILES string of the molecule is CCOc1cc(/C=N\NC(=S)NC2CCCCC2)ccc1OC(=O)c1ccc(Cl)cc1. The van der Waals surface area contributed by atoms with Crippen LogP contribution in [0.1, 0.15) is 54.9 Å². The molecule has 0 spiro atoms. The highest BCUT2D eigenvalue weighted by Crippen LogP contribution is 2.29. The van der Waals surface area contributed by atoms with Crippen LogP contribution in [-0.2, 0) is 0 Å². The lowest BCUT2D eigenvalue weighted by Crippen LogP contribution is -2.40. The number of ether oxygens (including phenoxy) is 2. The predicted octanol–water partition coefficient (Wildman–Crippen LogP) is 5.09. The molecule has 0 radical (unpaired) electrons. The Hall–Kier alpha value is -2.64. The molecule has 6 nitrogen and oxygen atoms in total. The number of hydrogen-bond donors (Lipinski definition) is 2. The molecule has 2 aromatic rings. The molecule has 0 aromatic heterocycles. The molecule has 0 heterocycles. The quantitative estimate of drug-likeness (QED) is 0.197. The van der Waals surface area contributed by atoms with Gasteiger partial charge in [0.2, 0.25) is 0 Å². The molecule has 8 heteroatoms. The lowest BCUT2D eigenvalue weighted by Gasteiger charge is -2.23. The zero-order chi connectivity index (χ0) is 22.1. The van der Waals surface area contributed by atoms with Crippen LogP contribution in [0, 0.1) is 0 Å². The number of nitrogens with one attached hydrogen (secondary N) is 2. The predicted molar refractivity (Wildman–Crippen MR) is 127 cm³/mol. The van der Waals surface area contributed by atoms with Gasteiger partial charge in [-0.2, -0.15) is 5.10 Å². The van der Waals surface area contributed by atoms with Gasteiger partial charge >= 0.3 is 5.97 Å². The zero-order valence-electron chi connectivity index (χ0n) is 17.4. The van der Waals surface area contributed by atoms with Crippen LogP contribution in [0.15, 0.2) is 47.6 Å². The van der Waals surface area contributed by atoms with Crippen LogP contribution in [0.2, 0.25) is 5.02 Å². The van der Waals surface area contributed by atoms with Gasteiger partial charge in [-0.3, -0.25) is 5.43 Å². The molecule has 2 aromatic carbocycles. The third-order valence-corrected chi connectivity index (χ3v) is 5.33. The number of rotatable bonds is 7. The van der Waals surface area contributed by atoms with E-state index in [1.54, 1.807) is 48.7 Å². The molecule has 0 atom stereocenters. The highest BCUT2D eigenvalue weighted by atomic mass is 35.5. The number of thiocarbonyl (C=S) groups is 1. The van der Waals surface area contributed by atoms with Crippen LogP contribution in [0.25, 0.3) is 0 Å². The molecule has 31 heavy (non-hydrogen) atoms. The van der Waals surface area contributed by atoms with Crippen molar-refractivity contribution in [2.75, 3.05) is 6.61 Å². The van der Waals surface area contributed by atoms with Gasteiger partial charge in [0.15, 0.2) is 16.6 Å². The van der Waals surface area contributed by atoms with Gasteiger partial charge in [-0.05, 0) is 80.0 Å². The summed E-state index contributed by atoms with van der Waals surface area (Å²) >= 11 is 11.2. The number of carbonyl (C=O) groups excluding carboxylic acids is 1. The number of esters is 1. The van der Waals surface area contributed by atoms with E-state index in [0.29, 0.717) is 39.8 Å². The smallest absolute Gasteiger partial charge is 0.343 e. The Labute approximate surface area is 193 Å². The minimum Gasteiger partial charge on any atom is -0.490 e. The summed E-state index contributed by atoms with van der Waals surface area (Å²) in [6, 6.07) is 12.2. The summed E-state index contributed by atoms with van der Waals surface area (Å²) in [6.07, 6.45) is 7.68. The van der Waals surface area contributed by atoms with E-state index in [1.807, 2.05) is 6.92 Å². The van der Waals surface area contributed by atoms with Gasteiger partial charge in [0.05, 0.1) is 18.4 Å². The summed E-state index contributed by atoms with van der Waals surface area (Å²) in [6.45, 7) is 2.29. The number of hydrogen-bond acceptors (Lipinski definition) is 5. The monoisotopic (exact) mass is 459 g/mol. The minimum absolute atomic E-state index is 0.335. The van der Waals surface area contributed by atoms with E-state index in [1.165, 1.54) is 19.3 Å². The Morgan fingerprint density at radius 3 is 2.61 bits per heavy atom. The van der Waals surface area contributed by atoms with Crippen molar-refractivity contribution in [3.8, 4) is 11.5 Å². The average Bonchev–Trinajstić information content (AvgIpc) is 2.77. The second kappa shape index (κ2) is 11.7. The van der Waals surface area contributed by atoms with Crippen molar-refractivity contribution in [1.82, 2.24) is 10.7 Å². The van der Waals surface area contributed by atoms with E-state index >= 15 is 0 Å². The maximum absolute atomic E-state index is 12.4. The van der Waals surface area contributed by atoms with Gasteiger partial charge in [0.1, 0.15) is 0 Å². The van der Waals surface area contributed by atoms with Crippen molar-refractivity contribution in [1.29, 1.82) is 0 Å². The number of carbonyl (C=O) groups is 1. The lowest BCUT2D eigenvalue weighted by atomic mass is 9.96. The first-order valence-corrected chi connectivity index (χ1v) is 11.2. The van der Waals surface area contributed by atoms with E-state index in [0.717, 1.165) is 18.4 Å². The first-order chi connectivity index (χ1) is 15.0. The molecule has 1 aliphatic carbocycles. The van der Waals surface area contributed by atoms with E-state index < -0.39 is 5.97 Å². The van der Waals surface area contributed by atoms with Gasteiger partial charge < -0.3 is 14.8 Å². The highest BCUT2D eigenvalue weighted by molar-refractivity contribution is 7.80. The van der Waals surface area contributed by atoms with E-state index in [2.05, 4.69) is 15.8 Å². The Kier molecular flexibility index (Phi) is 8.67. The molecule has 1 saturated carbocycles. The Morgan fingerprint density at radius 1 is 1.16 bits per heavy atom. The molecule has 1 fully saturated rings. The molecule has 0 aliphatic heterocycles. The van der Waals surface area contributed by atoms with Crippen molar-refractivity contribution in [2.45, 2.75) is 45.1 Å². The number of benzene rings is 2. The average molecular weight is 460 g/mol. The Balaban J connectivity index is 1.61. The van der Waals surface area contributed by atoms with Crippen LogP contribution in [0.3, 0.4) is 0 Å². The molecule has 0 saturated heterocycles. The third kappa shape index (κ3) is 7.22. The summed E-state index contributed by atoms with van der Waals surface area (Å²) in [4.78, 5) is 12.4. The molecule has 1 aliphatic rings. The summed E-state index contributed by atoms with van der Waals surface area (Å²) < 4.78 is 11.2. The first kappa shape index (κ1) is 23.0. The number of halogens is 1. The van der Waals surface area contributed by atoms with Crippen molar-refractivity contribution in [3.05, 3.63) is 58.6 Å². The maximum atomic E-state index is 12.4. The van der Waals surface area contributed by atoms with E-state index in [4.69, 9.17) is 33.3 Å². The van der Waals surface area contributed by atoms with Crippen LogP contribution >= 0.6 is 23.8 Å². The fourth-order valence-corrected chi connectivity index (χ4v) is 3.68. The summed E-state index contributed by atoms with van der Waals surface area (Å²) in [7, 11) is 0. The number of hydrazone groups is 1. The standard InChI is InChI=1S/C23H26ClN3O3S/c1-2-29-21-14-16(15-25-27-23(31)26-19-6-4-3-5-7-19)8-13-20(21)30-22(28)17-9-11-18(24)12-10-17/h8-15,19H,2-7H2,1H3,(H2,26,27,31)/b25-15-. The molecule has 3 rings (SSSR count). The fraction of sp³-hybridized carbons (Fsp3) is 0.348. The fourth-order valence-electron chi connectivity index (χ4n) is 3.33. The zero-order valence-corrected chi connectivity index (χ0v) is 19.0. The van der Waals surface area contributed by atoms with Crippen molar-refractivity contribution >= 4 is 41.1 Å².